The summed E-state index contributed by atoms with van der Waals surface area (Å²) < 4.78 is 12.0. The summed E-state index contributed by atoms with van der Waals surface area (Å²) in [6.45, 7) is 12.6. The average molecular weight is 316 g/mol. The Labute approximate surface area is 143 Å². The number of hydrogen-bond donors (Lipinski definition) is 0. The predicted octanol–water partition coefficient (Wildman–Crippen LogP) is 4.92. The second-order valence-corrected chi connectivity index (χ2v) is 7.46. The number of benzene rings is 1. The zero-order valence-corrected chi connectivity index (χ0v) is 15.8. The molecule has 0 spiro atoms. The molecule has 0 N–H and O–H groups in total. The Hall–Kier alpha value is -0.795. The third-order valence-corrected chi connectivity index (χ3v) is 5.41. The molecule has 128 valence electrons. The minimum absolute atomic E-state index is 0.127. The van der Waals surface area contributed by atoms with Gasteiger partial charge in [0.2, 0.25) is 0 Å². The van der Waals surface area contributed by atoms with Crippen molar-refractivity contribution in [1.82, 2.24) is 0 Å². The molecule has 1 aromatic rings. The van der Waals surface area contributed by atoms with E-state index >= 15 is 0 Å². The molecule has 0 aromatic heterocycles. The first-order valence-corrected chi connectivity index (χ1v) is 9.39. The van der Waals surface area contributed by atoms with Crippen LogP contribution >= 0.6 is 0 Å². The van der Waals surface area contributed by atoms with Crippen molar-refractivity contribution in [2.45, 2.75) is 84.8 Å². The molecule has 1 aromatic carbocycles. The zero-order chi connectivity index (χ0) is 17.0. The number of hydrogen-bond acceptors (Lipinski definition) is 2. The van der Waals surface area contributed by atoms with Gasteiger partial charge < -0.3 is 9.31 Å². The van der Waals surface area contributed by atoms with Gasteiger partial charge in [-0.15, -0.1) is 0 Å². The van der Waals surface area contributed by atoms with Gasteiger partial charge in [-0.1, -0.05) is 57.9 Å². The molecule has 23 heavy (non-hydrogen) atoms. The molecule has 1 atom stereocenters. The Kier molecular flexibility index (Phi) is 6.33. The summed E-state index contributed by atoms with van der Waals surface area (Å²) in [5, 5.41) is 0. The molecule has 3 rings (SSSR count). The molecule has 2 nitrogen and oxygen atoms in total. The molecule has 0 radical (unpaired) electrons. The quantitative estimate of drug-likeness (QED) is 0.721. The molecule has 3 heteroatoms. The third-order valence-electron chi connectivity index (χ3n) is 5.41. The summed E-state index contributed by atoms with van der Waals surface area (Å²) in [6, 6.07) is 8.93. The van der Waals surface area contributed by atoms with E-state index in [9.17, 15) is 0 Å². The van der Waals surface area contributed by atoms with E-state index in [-0.39, 0.29) is 18.8 Å². The lowest BCUT2D eigenvalue weighted by Gasteiger charge is -2.26. The van der Waals surface area contributed by atoms with Gasteiger partial charge in [0.1, 0.15) is 0 Å². The van der Waals surface area contributed by atoms with Gasteiger partial charge in [-0.25, -0.2) is 0 Å². The van der Waals surface area contributed by atoms with Gasteiger partial charge in [0, 0.05) is 0 Å². The Morgan fingerprint density at radius 2 is 1.52 bits per heavy atom. The van der Waals surface area contributed by atoms with Crippen molar-refractivity contribution in [2.75, 3.05) is 0 Å². The van der Waals surface area contributed by atoms with Crippen molar-refractivity contribution in [2.24, 2.45) is 5.92 Å². The third kappa shape index (κ3) is 4.39. The normalized spacial score (nSPS) is 29.8. The molecule has 1 heterocycles. The highest BCUT2D eigenvalue weighted by atomic mass is 16.7. The summed E-state index contributed by atoms with van der Waals surface area (Å²) >= 11 is 0. The first kappa shape index (κ1) is 18.5. The van der Waals surface area contributed by atoms with Crippen LogP contribution in [0.2, 0.25) is 0 Å². The largest absolute Gasteiger partial charge is 0.494 e. The highest BCUT2D eigenvalue weighted by Crippen LogP contribution is 2.35. The maximum atomic E-state index is 6.02. The monoisotopic (exact) mass is 316 g/mol. The van der Waals surface area contributed by atoms with Crippen LogP contribution in [0.4, 0.5) is 0 Å². The SMILES string of the molecule is CC.CC1CCC(c2ccc(B3OC(C)C(C)(C)O3)cc2)CC1. The van der Waals surface area contributed by atoms with Gasteiger partial charge in [0.05, 0.1) is 11.7 Å². The van der Waals surface area contributed by atoms with Crippen LogP contribution < -0.4 is 5.46 Å². The predicted molar refractivity (Wildman–Crippen MR) is 99.3 cm³/mol. The Morgan fingerprint density at radius 1 is 0.957 bits per heavy atom. The highest BCUT2D eigenvalue weighted by molar-refractivity contribution is 6.61. The van der Waals surface area contributed by atoms with E-state index in [1.165, 1.54) is 31.2 Å². The van der Waals surface area contributed by atoms with Gasteiger partial charge in [-0.2, -0.15) is 0 Å². The van der Waals surface area contributed by atoms with Gasteiger partial charge in [-0.3, -0.25) is 0 Å². The van der Waals surface area contributed by atoms with Crippen molar-refractivity contribution in [3.8, 4) is 0 Å². The first-order chi connectivity index (χ1) is 11.0. The second-order valence-electron chi connectivity index (χ2n) is 7.46. The van der Waals surface area contributed by atoms with E-state index in [2.05, 4.69) is 52.0 Å². The summed E-state index contributed by atoms with van der Waals surface area (Å²) in [5.41, 5.74) is 2.42. The summed E-state index contributed by atoms with van der Waals surface area (Å²) in [7, 11) is -0.213. The van der Waals surface area contributed by atoms with E-state index in [4.69, 9.17) is 9.31 Å². The minimum Gasteiger partial charge on any atom is -0.402 e. The maximum absolute atomic E-state index is 6.02. The average Bonchev–Trinajstić information content (AvgIpc) is 2.84. The maximum Gasteiger partial charge on any atom is 0.494 e. The van der Waals surface area contributed by atoms with Crippen LogP contribution in [0, 0.1) is 5.92 Å². The van der Waals surface area contributed by atoms with E-state index in [1.54, 1.807) is 0 Å². The van der Waals surface area contributed by atoms with Crippen LogP contribution in [-0.4, -0.2) is 18.8 Å². The van der Waals surface area contributed by atoms with Gasteiger partial charge in [0.15, 0.2) is 0 Å². The van der Waals surface area contributed by atoms with Crippen LogP contribution in [0.3, 0.4) is 0 Å². The molecule has 2 aliphatic rings. The second kappa shape index (κ2) is 7.85. The molecular weight excluding hydrogens is 283 g/mol. The highest BCUT2D eigenvalue weighted by Gasteiger charge is 2.43. The van der Waals surface area contributed by atoms with Crippen LogP contribution in [0.1, 0.15) is 78.7 Å². The standard InChI is InChI=1S/C18H27BO2.C2H6/c1-13-5-7-15(8-6-13)16-9-11-17(12-10-16)19-20-14(2)18(3,4)21-19;1-2/h9-15H,5-8H2,1-4H3;1-2H3. The smallest absolute Gasteiger partial charge is 0.402 e. The lowest BCUT2D eigenvalue weighted by molar-refractivity contribution is 0.0842. The van der Waals surface area contributed by atoms with Gasteiger partial charge in [-0.05, 0) is 56.5 Å². The van der Waals surface area contributed by atoms with Crippen LogP contribution in [0.15, 0.2) is 24.3 Å². The summed E-state index contributed by atoms with van der Waals surface area (Å²) in [5.74, 6) is 1.65. The van der Waals surface area contributed by atoms with Crippen molar-refractivity contribution in [1.29, 1.82) is 0 Å². The van der Waals surface area contributed by atoms with Gasteiger partial charge in [0.25, 0.3) is 0 Å². The fourth-order valence-corrected chi connectivity index (χ4v) is 3.41. The van der Waals surface area contributed by atoms with Crippen molar-refractivity contribution >= 4 is 12.6 Å². The van der Waals surface area contributed by atoms with E-state index in [0.29, 0.717) is 0 Å². The summed E-state index contributed by atoms with van der Waals surface area (Å²) in [4.78, 5) is 0. The first-order valence-electron chi connectivity index (χ1n) is 9.39. The van der Waals surface area contributed by atoms with E-state index < -0.39 is 0 Å². The fraction of sp³-hybridized carbons (Fsp3) is 0.700. The van der Waals surface area contributed by atoms with E-state index in [0.717, 1.165) is 17.3 Å². The van der Waals surface area contributed by atoms with Crippen LogP contribution in [-0.2, 0) is 9.31 Å². The topological polar surface area (TPSA) is 18.5 Å². The van der Waals surface area contributed by atoms with Crippen LogP contribution in [0.5, 0.6) is 0 Å². The molecule has 1 saturated carbocycles. The Bertz CT molecular complexity index is 475. The molecule has 1 unspecified atom stereocenters. The Morgan fingerprint density at radius 3 is 2.00 bits per heavy atom. The minimum atomic E-state index is -0.213. The van der Waals surface area contributed by atoms with Crippen molar-refractivity contribution in [3.05, 3.63) is 29.8 Å². The molecular formula is C20H33BO2. The Balaban J connectivity index is 0.000000924. The molecule has 2 fully saturated rings. The van der Waals surface area contributed by atoms with Crippen LogP contribution in [0.25, 0.3) is 0 Å². The molecule has 1 aliphatic heterocycles. The van der Waals surface area contributed by atoms with Gasteiger partial charge >= 0.3 is 7.12 Å². The molecule has 1 saturated heterocycles. The lowest BCUT2D eigenvalue weighted by atomic mass is 9.76. The summed E-state index contributed by atoms with van der Waals surface area (Å²) in [6.07, 6.45) is 5.53. The zero-order valence-electron chi connectivity index (χ0n) is 15.8. The van der Waals surface area contributed by atoms with Crippen molar-refractivity contribution in [3.63, 3.8) is 0 Å². The molecule has 0 bridgehead atoms. The van der Waals surface area contributed by atoms with Crippen molar-refractivity contribution < 1.29 is 9.31 Å². The molecule has 1 aliphatic carbocycles. The molecule has 0 amide bonds. The number of rotatable bonds is 2. The van der Waals surface area contributed by atoms with E-state index in [1.807, 2.05) is 13.8 Å². The lowest BCUT2D eigenvalue weighted by Crippen LogP contribution is -2.34. The fourth-order valence-electron chi connectivity index (χ4n) is 3.41.